The van der Waals surface area contributed by atoms with Crippen molar-refractivity contribution in [2.45, 2.75) is 116 Å². The number of carbonyl (C=O) groups excluding carboxylic acids is 1. The molecule has 1 aromatic carbocycles. The number of carbonyl (C=O) groups is 1. The Kier molecular flexibility index (Phi) is 12.8. The topological polar surface area (TPSA) is 103 Å². The fourth-order valence-corrected chi connectivity index (χ4v) is 3.90. The summed E-state index contributed by atoms with van der Waals surface area (Å²) >= 11 is 0. The molecule has 1 amide bonds. The lowest BCUT2D eigenvalue weighted by Crippen LogP contribution is -2.33. The van der Waals surface area contributed by atoms with Crippen LogP contribution in [0.3, 0.4) is 0 Å². The Balaban J connectivity index is 1.66. The molecule has 0 spiro atoms. The van der Waals surface area contributed by atoms with Crippen molar-refractivity contribution in [2.75, 3.05) is 6.54 Å². The zero-order valence-electron chi connectivity index (χ0n) is 22.3. The lowest BCUT2D eigenvalue weighted by molar-refractivity contribution is 0.0527. The quantitative estimate of drug-likeness (QED) is 0.245. The van der Waals surface area contributed by atoms with Crippen LogP contribution in [0.4, 0.5) is 4.79 Å². The Morgan fingerprint density at radius 1 is 1.00 bits per heavy atom. The smallest absolute Gasteiger partial charge is 0.407 e. The van der Waals surface area contributed by atoms with Crippen LogP contribution in [-0.2, 0) is 11.2 Å². The molecule has 0 saturated carbocycles. The molecule has 1 atom stereocenters. The fourth-order valence-electron chi connectivity index (χ4n) is 3.90. The molecule has 0 radical (unpaired) electrons. The average molecular weight is 487 g/mol. The normalized spacial score (nSPS) is 12.5. The van der Waals surface area contributed by atoms with Crippen LogP contribution < -0.4 is 11.1 Å². The van der Waals surface area contributed by atoms with Crippen LogP contribution in [0.15, 0.2) is 28.8 Å². The molecule has 196 valence electrons. The highest BCUT2D eigenvalue weighted by Gasteiger charge is 2.17. The Bertz CT molecular complexity index is 843. The first kappa shape index (κ1) is 28.8. The van der Waals surface area contributed by atoms with Crippen LogP contribution >= 0.6 is 0 Å². The number of hydrogen-bond donors (Lipinski definition) is 2. The number of aryl methyl sites for hydroxylation is 1. The van der Waals surface area contributed by atoms with E-state index >= 15 is 0 Å². The Hall–Kier alpha value is -2.41. The number of rotatable bonds is 16. The van der Waals surface area contributed by atoms with Gasteiger partial charge in [0.2, 0.25) is 11.7 Å². The van der Waals surface area contributed by atoms with E-state index in [-0.39, 0.29) is 6.04 Å². The summed E-state index contributed by atoms with van der Waals surface area (Å²) in [5, 5.41) is 6.87. The summed E-state index contributed by atoms with van der Waals surface area (Å²) in [6, 6.07) is 8.11. The van der Waals surface area contributed by atoms with E-state index in [1.165, 1.54) is 56.9 Å². The second-order valence-corrected chi connectivity index (χ2v) is 10.4. The number of benzene rings is 1. The maximum absolute atomic E-state index is 11.7. The van der Waals surface area contributed by atoms with E-state index < -0.39 is 11.7 Å². The Labute approximate surface area is 211 Å². The van der Waals surface area contributed by atoms with Crippen LogP contribution in [0.1, 0.15) is 116 Å². The van der Waals surface area contributed by atoms with Gasteiger partial charge in [0.05, 0.1) is 6.04 Å². The molecule has 0 fully saturated rings. The summed E-state index contributed by atoms with van der Waals surface area (Å²) in [6.45, 7) is 8.34. The number of alkyl carbamates (subject to hydrolysis) is 1. The number of nitrogens with two attached hydrogens (primary N) is 1. The van der Waals surface area contributed by atoms with E-state index in [1.807, 2.05) is 20.8 Å². The van der Waals surface area contributed by atoms with Crippen molar-refractivity contribution in [1.82, 2.24) is 15.5 Å². The average Bonchev–Trinajstić information content (AvgIpc) is 3.30. The standard InChI is InChI=1S/C28H46N4O3/c1-5-6-7-8-9-10-11-12-15-22-17-19-23(20-18-22)25-31-26(35-32-25)24(29)16-13-14-21-30-27(33)34-28(2,3)4/h17-20,24H,5-16,21,29H2,1-4H3,(H,30,33)/t24-/m1/s1. The third-order valence-corrected chi connectivity index (χ3v) is 5.90. The van der Waals surface area contributed by atoms with Gasteiger partial charge >= 0.3 is 6.09 Å². The molecule has 2 rings (SSSR count). The van der Waals surface area contributed by atoms with E-state index in [1.54, 1.807) is 0 Å². The van der Waals surface area contributed by atoms with Crippen molar-refractivity contribution >= 4 is 6.09 Å². The molecule has 7 heteroatoms. The van der Waals surface area contributed by atoms with Gasteiger partial charge in [0.15, 0.2) is 0 Å². The van der Waals surface area contributed by atoms with Crippen LogP contribution in [0, 0.1) is 0 Å². The first-order valence-corrected chi connectivity index (χ1v) is 13.4. The monoisotopic (exact) mass is 486 g/mol. The molecule has 0 aliphatic rings. The summed E-state index contributed by atoms with van der Waals surface area (Å²) in [4.78, 5) is 16.2. The maximum atomic E-state index is 11.7. The number of nitrogens with zero attached hydrogens (tertiary/aromatic N) is 2. The van der Waals surface area contributed by atoms with Gasteiger partial charge in [-0.1, -0.05) is 81.3 Å². The molecule has 1 heterocycles. The molecule has 0 saturated heterocycles. The number of hydrogen-bond acceptors (Lipinski definition) is 6. The molecule has 1 aromatic heterocycles. The molecular formula is C28H46N4O3. The molecule has 0 unspecified atom stereocenters. The lowest BCUT2D eigenvalue weighted by atomic mass is 10.0. The van der Waals surface area contributed by atoms with Crippen molar-refractivity contribution in [3.8, 4) is 11.4 Å². The van der Waals surface area contributed by atoms with E-state index in [0.717, 1.165) is 24.8 Å². The second-order valence-electron chi connectivity index (χ2n) is 10.4. The lowest BCUT2D eigenvalue weighted by Gasteiger charge is -2.19. The summed E-state index contributed by atoms with van der Waals surface area (Å²) < 4.78 is 10.6. The first-order chi connectivity index (χ1) is 16.8. The van der Waals surface area contributed by atoms with Crippen molar-refractivity contribution < 1.29 is 14.1 Å². The van der Waals surface area contributed by atoms with E-state index in [4.69, 9.17) is 15.0 Å². The zero-order valence-corrected chi connectivity index (χ0v) is 22.3. The van der Waals surface area contributed by atoms with Gasteiger partial charge in [0, 0.05) is 12.1 Å². The zero-order chi connectivity index (χ0) is 25.5. The van der Waals surface area contributed by atoms with Gasteiger partial charge in [-0.2, -0.15) is 4.98 Å². The van der Waals surface area contributed by atoms with E-state index in [2.05, 4.69) is 46.6 Å². The maximum Gasteiger partial charge on any atom is 0.407 e. The molecule has 0 aliphatic carbocycles. The largest absolute Gasteiger partial charge is 0.444 e. The number of unbranched alkanes of at least 4 members (excludes halogenated alkanes) is 8. The van der Waals surface area contributed by atoms with Crippen molar-refractivity contribution in [3.05, 3.63) is 35.7 Å². The van der Waals surface area contributed by atoms with Crippen LogP contribution in [0.5, 0.6) is 0 Å². The summed E-state index contributed by atoms with van der Waals surface area (Å²) in [7, 11) is 0. The summed E-state index contributed by atoms with van der Waals surface area (Å²) in [6.07, 6.45) is 13.7. The highest BCUT2D eigenvalue weighted by atomic mass is 16.6. The summed E-state index contributed by atoms with van der Waals surface area (Å²) in [5.41, 5.74) is 8.04. The molecule has 35 heavy (non-hydrogen) atoms. The van der Waals surface area contributed by atoms with Gasteiger partial charge in [-0.05, 0) is 58.4 Å². The van der Waals surface area contributed by atoms with E-state index in [0.29, 0.717) is 24.7 Å². The van der Waals surface area contributed by atoms with Crippen LogP contribution in [0.25, 0.3) is 11.4 Å². The third-order valence-electron chi connectivity index (χ3n) is 5.90. The molecule has 3 N–H and O–H groups in total. The Morgan fingerprint density at radius 3 is 2.31 bits per heavy atom. The van der Waals surface area contributed by atoms with Gasteiger partial charge in [-0.3, -0.25) is 0 Å². The number of aromatic nitrogens is 2. The highest BCUT2D eigenvalue weighted by Crippen LogP contribution is 2.21. The number of amides is 1. The Morgan fingerprint density at radius 2 is 1.66 bits per heavy atom. The second kappa shape index (κ2) is 15.6. The van der Waals surface area contributed by atoms with Gasteiger partial charge < -0.3 is 20.3 Å². The predicted octanol–water partition coefficient (Wildman–Crippen LogP) is 7.11. The van der Waals surface area contributed by atoms with Gasteiger partial charge in [0.1, 0.15) is 5.60 Å². The minimum absolute atomic E-state index is 0.320. The van der Waals surface area contributed by atoms with Crippen molar-refractivity contribution in [1.29, 1.82) is 0 Å². The molecule has 2 aromatic rings. The fraction of sp³-hybridized carbons (Fsp3) is 0.679. The van der Waals surface area contributed by atoms with Crippen molar-refractivity contribution in [3.63, 3.8) is 0 Å². The molecule has 7 nitrogen and oxygen atoms in total. The molecule has 0 aliphatic heterocycles. The first-order valence-electron chi connectivity index (χ1n) is 13.4. The van der Waals surface area contributed by atoms with Gasteiger partial charge in [-0.25, -0.2) is 4.79 Å². The number of ether oxygens (including phenoxy) is 1. The van der Waals surface area contributed by atoms with Crippen LogP contribution in [-0.4, -0.2) is 28.4 Å². The predicted molar refractivity (Wildman–Crippen MR) is 141 cm³/mol. The highest BCUT2D eigenvalue weighted by molar-refractivity contribution is 5.67. The minimum atomic E-state index is -0.490. The molecule has 0 bridgehead atoms. The molecular weight excluding hydrogens is 440 g/mol. The van der Waals surface area contributed by atoms with Gasteiger partial charge in [-0.15, -0.1) is 0 Å². The van der Waals surface area contributed by atoms with Crippen LogP contribution in [0.2, 0.25) is 0 Å². The minimum Gasteiger partial charge on any atom is -0.444 e. The number of nitrogens with one attached hydrogen (secondary N) is 1. The van der Waals surface area contributed by atoms with Gasteiger partial charge in [0.25, 0.3) is 0 Å². The van der Waals surface area contributed by atoms with E-state index in [9.17, 15) is 4.79 Å². The van der Waals surface area contributed by atoms with Crippen molar-refractivity contribution in [2.24, 2.45) is 5.73 Å². The summed E-state index contributed by atoms with van der Waals surface area (Å²) in [5.74, 6) is 1.02. The SMILES string of the molecule is CCCCCCCCCCc1ccc(-c2noc([C@H](N)CCCCNC(=O)OC(C)(C)C)n2)cc1. The third kappa shape index (κ3) is 12.2.